The van der Waals surface area contributed by atoms with E-state index in [2.05, 4.69) is 58.6 Å². The third-order valence-corrected chi connectivity index (χ3v) is 5.21. The molecule has 0 spiro atoms. The maximum absolute atomic E-state index is 12.4. The number of rotatable bonds is 7. The van der Waals surface area contributed by atoms with E-state index in [9.17, 15) is 9.90 Å². The van der Waals surface area contributed by atoms with Gasteiger partial charge in [-0.15, -0.1) is 0 Å². The van der Waals surface area contributed by atoms with Crippen LogP contribution in [0.3, 0.4) is 0 Å². The molecule has 0 aliphatic carbocycles. The van der Waals surface area contributed by atoms with E-state index in [4.69, 9.17) is 4.74 Å². The van der Waals surface area contributed by atoms with Crippen LogP contribution in [0.5, 0.6) is 5.75 Å². The van der Waals surface area contributed by atoms with Crippen LogP contribution < -0.4 is 4.90 Å². The highest BCUT2D eigenvalue weighted by Gasteiger charge is 2.28. The molecule has 2 rings (SSSR count). The molecule has 2 aromatic rings. The van der Waals surface area contributed by atoms with E-state index in [1.54, 1.807) is 0 Å². The van der Waals surface area contributed by atoms with Crippen LogP contribution in [0.15, 0.2) is 42.5 Å². The van der Waals surface area contributed by atoms with Gasteiger partial charge in [-0.05, 0) is 41.9 Å². The Morgan fingerprint density at radius 3 is 1.97 bits per heavy atom. The second-order valence-electron chi connectivity index (χ2n) is 9.85. The average Bonchev–Trinajstić information content (AvgIpc) is 2.64. The highest BCUT2D eigenvalue weighted by atomic mass is 16.5. The van der Waals surface area contributed by atoms with Crippen molar-refractivity contribution in [2.75, 3.05) is 24.6 Å². The van der Waals surface area contributed by atoms with Crippen molar-refractivity contribution >= 4 is 11.7 Å². The van der Waals surface area contributed by atoms with Gasteiger partial charge in [-0.2, -0.15) is 0 Å². The van der Waals surface area contributed by atoms with E-state index in [0.717, 1.165) is 23.2 Å². The molecule has 0 saturated carbocycles. The van der Waals surface area contributed by atoms with Crippen LogP contribution in [-0.2, 0) is 26.8 Å². The van der Waals surface area contributed by atoms with Crippen molar-refractivity contribution < 1.29 is 14.6 Å². The molecule has 0 saturated heterocycles. The molecule has 4 heteroatoms. The lowest BCUT2D eigenvalue weighted by atomic mass is 9.79. The first kappa shape index (κ1) is 23.8. The number of benzene rings is 2. The number of ether oxygens (including phenoxy) is 1. The zero-order chi connectivity index (χ0) is 22.5. The van der Waals surface area contributed by atoms with Crippen LogP contribution in [0.25, 0.3) is 0 Å². The third kappa shape index (κ3) is 6.25. The number of nitrogens with zero attached hydrogens (tertiary/aromatic N) is 1. The molecule has 0 fully saturated rings. The van der Waals surface area contributed by atoms with Crippen molar-refractivity contribution in [3.05, 3.63) is 59.2 Å². The van der Waals surface area contributed by atoms with Crippen LogP contribution in [0.4, 0.5) is 5.69 Å². The summed E-state index contributed by atoms with van der Waals surface area (Å²) in [7, 11) is 0. The van der Waals surface area contributed by atoms with Crippen molar-refractivity contribution in [1.29, 1.82) is 0 Å². The largest absolute Gasteiger partial charge is 0.507 e. The molecule has 0 unspecified atom stereocenters. The molecule has 0 radical (unpaired) electrons. The number of anilines is 1. The Labute approximate surface area is 181 Å². The van der Waals surface area contributed by atoms with Crippen LogP contribution >= 0.6 is 0 Å². The van der Waals surface area contributed by atoms with Gasteiger partial charge in [0.25, 0.3) is 0 Å². The summed E-state index contributed by atoms with van der Waals surface area (Å²) in [5.41, 5.74) is 3.48. The first-order valence-corrected chi connectivity index (χ1v) is 10.8. The second kappa shape index (κ2) is 9.55. The summed E-state index contributed by atoms with van der Waals surface area (Å²) < 4.78 is 5.23. The minimum atomic E-state index is -0.242. The SMILES string of the molecule is CCOC(=O)CN(CCc1ccccc1)c1cc(C(C)(C)C)c(O)c(C(C)(C)C)c1. The minimum Gasteiger partial charge on any atom is -0.507 e. The van der Waals surface area contributed by atoms with Crippen molar-refractivity contribution in [1.82, 2.24) is 0 Å². The van der Waals surface area contributed by atoms with Gasteiger partial charge in [0, 0.05) is 23.4 Å². The van der Waals surface area contributed by atoms with E-state index in [0.29, 0.717) is 18.9 Å². The highest BCUT2D eigenvalue weighted by Crippen LogP contribution is 2.41. The molecule has 0 atom stereocenters. The number of phenols is 1. The second-order valence-corrected chi connectivity index (χ2v) is 9.85. The molecule has 0 aliphatic heterocycles. The fourth-order valence-corrected chi connectivity index (χ4v) is 3.52. The number of hydrogen-bond acceptors (Lipinski definition) is 4. The lowest BCUT2D eigenvalue weighted by Crippen LogP contribution is -2.33. The molecular weight excluding hydrogens is 374 g/mol. The predicted molar refractivity (Wildman–Crippen MR) is 124 cm³/mol. The zero-order valence-corrected chi connectivity index (χ0v) is 19.6. The molecule has 0 amide bonds. The van der Waals surface area contributed by atoms with Crippen molar-refractivity contribution in [3.8, 4) is 5.75 Å². The van der Waals surface area contributed by atoms with E-state index < -0.39 is 0 Å². The van der Waals surface area contributed by atoms with Crippen molar-refractivity contribution in [2.45, 2.75) is 65.7 Å². The average molecular weight is 412 g/mol. The Balaban J connectivity index is 2.50. The highest BCUT2D eigenvalue weighted by molar-refractivity contribution is 5.76. The molecule has 0 aromatic heterocycles. The summed E-state index contributed by atoms with van der Waals surface area (Å²) >= 11 is 0. The molecule has 2 aromatic carbocycles. The Morgan fingerprint density at radius 2 is 1.50 bits per heavy atom. The van der Waals surface area contributed by atoms with Gasteiger partial charge in [0.2, 0.25) is 0 Å². The van der Waals surface area contributed by atoms with Gasteiger partial charge in [-0.1, -0.05) is 71.9 Å². The Hall–Kier alpha value is -2.49. The van der Waals surface area contributed by atoms with Gasteiger partial charge in [-0.3, -0.25) is 4.79 Å². The van der Waals surface area contributed by atoms with E-state index in [1.807, 2.05) is 37.3 Å². The van der Waals surface area contributed by atoms with Crippen molar-refractivity contribution in [3.63, 3.8) is 0 Å². The third-order valence-electron chi connectivity index (χ3n) is 5.21. The summed E-state index contributed by atoms with van der Waals surface area (Å²) in [5, 5.41) is 11.0. The zero-order valence-electron chi connectivity index (χ0n) is 19.6. The Bertz CT molecular complexity index is 810. The van der Waals surface area contributed by atoms with Gasteiger partial charge >= 0.3 is 5.97 Å². The maximum Gasteiger partial charge on any atom is 0.325 e. The summed E-state index contributed by atoms with van der Waals surface area (Å²) in [6, 6.07) is 14.3. The van der Waals surface area contributed by atoms with Crippen molar-refractivity contribution in [2.24, 2.45) is 0 Å². The summed E-state index contributed by atoms with van der Waals surface area (Å²) in [6.45, 7) is 15.6. The quantitative estimate of drug-likeness (QED) is 0.603. The summed E-state index contributed by atoms with van der Waals surface area (Å²) in [4.78, 5) is 14.4. The Morgan fingerprint density at radius 1 is 0.967 bits per heavy atom. The van der Waals surface area contributed by atoms with Gasteiger partial charge in [0.05, 0.1) is 6.61 Å². The molecule has 30 heavy (non-hydrogen) atoms. The molecule has 0 bridgehead atoms. The van der Waals surface area contributed by atoms with Gasteiger partial charge < -0.3 is 14.7 Å². The fraction of sp³-hybridized carbons (Fsp3) is 0.500. The number of carbonyl (C=O) groups is 1. The normalized spacial score (nSPS) is 12.0. The smallest absolute Gasteiger partial charge is 0.325 e. The summed E-state index contributed by atoms with van der Waals surface area (Å²) in [5.74, 6) is 0.103. The van der Waals surface area contributed by atoms with Crippen LogP contribution in [0, 0.1) is 0 Å². The standard InChI is InChI=1S/C26H37NO3/c1-8-30-23(28)18-27(15-14-19-12-10-9-11-13-19)20-16-21(25(2,3)4)24(29)22(17-20)26(5,6)7/h9-13,16-17,29H,8,14-15,18H2,1-7H3. The summed E-state index contributed by atoms with van der Waals surface area (Å²) in [6.07, 6.45) is 0.816. The van der Waals surface area contributed by atoms with Crippen LogP contribution in [0.2, 0.25) is 0 Å². The lowest BCUT2D eigenvalue weighted by molar-refractivity contribution is -0.141. The first-order valence-electron chi connectivity index (χ1n) is 10.8. The molecule has 0 aliphatic rings. The number of aromatic hydroxyl groups is 1. The van der Waals surface area contributed by atoms with Gasteiger partial charge in [-0.25, -0.2) is 0 Å². The van der Waals surface area contributed by atoms with Gasteiger partial charge in [0.15, 0.2) is 0 Å². The maximum atomic E-state index is 12.4. The minimum absolute atomic E-state index is 0.179. The topological polar surface area (TPSA) is 49.8 Å². The number of carbonyl (C=O) groups excluding carboxylic acids is 1. The number of phenolic OH excluding ortho intramolecular Hbond substituents is 1. The first-order chi connectivity index (χ1) is 13.9. The molecule has 0 heterocycles. The monoisotopic (exact) mass is 411 g/mol. The van der Waals surface area contributed by atoms with E-state index in [-0.39, 0.29) is 23.3 Å². The number of hydrogen-bond donors (Lipinski definition) is 1. The fourth-order valence-electron chi connectivity index (χ4n) is 3.52. The van der Waals surface area contributed by atoms with E-state index in [1.165, 1.54) is 5.56 Å². The number of esters is 1. The van der Waals surface area contributed by atoms with Crippen LogP contribution in [-0.4, -0.2) is 30.8 Å². The Kier molecular flexibility index (Phi) is 7.57. The predicted octanol–water partition coefficient (Wildman–Crippen LogP) is 5.60. The lowest BCUT2D eigenvalue weighted by Gasteiger charge is -2.31. The molecule has 4 nitrogen and oxygen atoms in total. The van der Waals surface area contributed by atoms with Crippen LogP contribution in [0.1, 0.15) is 65.2 Å². The van der Waals surface area contributed by atoms with E-state index >= 15 is 0 Å². The molecular formula is C26H37NO3. The molecule has 1 N–H and O–H groups in total. The van der Waals surface area contributed by atoms with Gasteiger partial charge in [0.1, 0.15) is 12.3 Å². The molecule has 164 valence electrons.